The highest BCUT2D eigenvalue weighted by atomic mass is 16.6. The second-order valence-corrected chi connectivity index (χ2v) is 8.90. The monoisotopic (exact) mass is 353 g/mol. The normalized spacial score (nSPS) is 25.4. The van der Waals surface area contributed by atoms with Crippen LogP contribution in [-0.4, -0.2) is 46.7 Å². The van der Waals surface area contributed by atoms with Crippen molar-refractivity contribution in [2.45, 2.75) is 103 Å². The standard InChI is InChI=1S/C19H35N3O3/c1-12(2)16(20)17(23)22(15-10-11-15)14-8-6-13(7-9-14)21-18(24)25-19(3,4)5/h12-16H,6-11,20H2,1-5H3,(H,21,24). The van der Waals surface area contributed by atoms with Crippen LogP contribution in [0.1, 0.15) is 73.1 Å². The molecule has 2 amide bonds. The quantitative estimate of drug-likeness (QED) is 0.796. The highest BCUT2D eigenvalue weighted by Crippen LogP contribution is 2.34. The Labute approximate surface area is 151 Å². The second-order valence-electron chi connectivity index (χ2n) is 8.90. The van der Waals surface area contributed by atoms with E-state index in [1.807, 2.05) is 34.6 Å². The van der Waals surface area contributed by atoms with E-state index < -0.39 is 11.6 Å². The summed E-state index contributed by atoms with van der Waals surface area (Å²) in [7, 11) is 0. The van der Waals surface area contributed by atoms with Crippen LogP contribution in [0.3, 0.4) is 0 Å². The van der Waals surface area contributed by atoms with Crippen molar-refractivity contribution in [1.82, 2.24) is 10.2 Å². The summed E-state index contributed by atoms with van der Waals surface area (Å²) in [6, 6.07) is 0.332. The summed E-state index contributed by atoms with van der Waals surface area (Å²) in [4.78, 5) is 26.8. The van der Waals surface area contributed by atoms with Crippen LogP contribution < -0.4 is 11.1 Å². The molecular weight excluding hydrogens is 318 g/mol. The van der Waals surface area contributed by atoms with Crippen LogP contribution >= 0.6 is 0 Å². The molecular formula is C19H35N3O3. The van der Waals surface area contributed by atoms with Gasteiger partial charge in [0.25, 0.3) is 0 Å². The van der Waals surface area contributed by atoms with Crippen LogP contribution in [0.5, 0.6) is 0 Å². The van der Waals surface area contributed by atoms with Gasteiger partial charge in [0.15, 0.2) is 0 Å². The SMILES string of the molecule is CC(C)C(N)C(=O)N(C1CCC(NC(=O)OC(C)(C)C)CC1)C1CC1. The third kappa shape index (κ3) is 5.87. The minimum atomic E-state index is -0.483. The first-order chi connectivity index (χ1) is 11.6. The lowest BCUT2D eigenvalue weighted by molar-refractivity contribution is -0.137. The van der Waals surface area contributed by atoms with Gasteiger partial charge >= 0.3 is 6.09 Å². The molecule has 2 saturated carbocycles. The molecule has 0 saturated heterocycles. The molecule has 1 atom stereocenters. The zero-order valence-electron chi connectivity index (χ0n) is 16.4. The van der Waals surface area contributed by atoms with Gasteiger partial charge in [-0.3, -0.25) is 4.79 Å². The fourth-order valence-corrected chi connectivity index (χ4v) is 3.44. The molecule has 0 spiro atoms. The zero-order chi connectivity index (χ0) is 18.8. The first kappa shape index (κ1) is 20.0. The minimum Gasteiger partial charge on any atom is -0.444 e. The summed E-state index contributed by atoms with van der Waals surface area (Å²) < 4.78 is 5.33. The molecule has 0 aliphatic heterocycles. The minimum absolute atomic E-state index is 0.0982. The largest absolute Gasteiger partial charge is 0.444 e. The average Bonchev–Trinajstić information content (AvgIpc) is 3.31. The maximum Gasteiger partial charge on any atom is 0.407 e. The Hall–Kier alpha value is -1.30. The highest BCUT2D eigenvalue weighted by Gasteiger charge is 2.41. The zero-order valence-corrected chi connectivity index (χ0v) is 16.4. The fourth-order valence-electron chi connectivity index (χ4n) is 3.44. The number of alkyl carbamates (subject to hydrolysis) is 1. The Balaban J connectivity index is 1.87. The van der Waals surface area contributed by atoms with Crippen LogP contribution in [0.15, 0.2) is 0 Å². The van der Waals surface area contributed by atoms with Crippen molar-refractivity contribution in [3.05, 3.63) is 0 Å². The lowest BCUT2D eigenvalue weighted by Gasteiger charge is -2.39. The number of nitrogens with one attached hydrogen (secondary N) is 1. The van der Waals surface area contributed by atoms with Gasteiger partial charge in [-0.2, -0.15) is 0 Å². The van der Waals surface area contributed by atoms with Crippen LogP contribution in [-0.2, 0) is 9.53 Å². The molecule has 0 aromatic carbocycles. The van der Waals surface area contributed by atoms with Crippen LogP contribution in [0.4, 0.5) is 4.79 Å². The van der Waals surface area contributed by atoms with E-state index in [9.17, 15) is 9.59 Å². The van der Waals surface area contributed by atoms with Crippen molar-refractivity contribution < 1.29 is 14.3 Å². The highest BCUT2D eigenvalue weighted by molar-refractivity contribution is 5.82. The van der Waals surface area contributed by atoms with E-state index in [0.29, 0.717) is 6.04 Å². The van der Waals surface area contributed by atoms with Gasteiger partial charge in [-0.25, -0.2) is 4.79 Å². The Morgan fingerprint density at radius 3 is 1.92 bits per heavy atom. The molecule has 0 aromatic rings. The first-order valence-corrected chi connectivity index (χ1v) is 9.65. The Morgan fingerprint density at radius 2 is 1.52 bits per heavy atom. The van der Waals surface area contributed by atoms with Gasteiger partial charge < -0.3 is 20.7 Å². The Morgan fingerprint density at radius 1 is 1.04 bits per heavy atom. The Bertz CT molecular complexity index is 475. The molecule has 6 heteroatoms. The smallest absolute Gasteiger partial charge is 0.407 e. The number of rotatable bonds is 5. The summed E-state index contributed by atoms with van der Waals surface area (Å²) in [5.74, 6) is 0.250. The Kier molecular flexibility index (Phi) is 6.35. The van der Waals surface area contributed by atoms with Gasteiger partial charge in [0, 0.05) is 18.1 Å². The van der Waals surface area contributed by atoms with E-state index in [2.05, 4.69) is 10.2 Å². The van der Waals surface area contributed by atoms with Crippen molar-refractivity contribution in [2.75, 3.05) is 0 Å². The number of carbonyl (C=O) groups excluding carboxylic acids is 2. The number of hydrogen-bond donors (Lipinski definition) is 2. The predicted octanol–water partition coefficient (Wildman–Crippen LogP) is 2.80. The van der Waals surface area contributed by atoms with Gasteiger partial charge in [0.05, 0.1) is 6.04 Å². The van der Waals surface area contributed by atoms with E-state index in [1.54, 1.807) is 0 Å². The summed E-state index contributed by atoms with van der Waals surface area (Å²) >= 11 is 0. The summed E-state index contributed by atoms with van der Waals surface area (Å²) in [6.07, 6.45) is 5.39. The molecule has 0 aromatic heterocycles. The molecule has 3 N–H and O–H groups in total. The number of ether oxygens (including phenoxy) is 1. The molecule has 6 nitrogen and oxygen atoms in total. The van der Waals surface area contributed by atoms with E-state index in [-0.39, 0.29) is 30.0 Å². The van der Waals surface area contributed by atoms with Crippen LogP contribution in [0, 0.1) is 5.92 Å². The molecule has 2 aliphatic rings. The fraction of sp³-hybridized carbons (Fsp3) is 0.895. The number of hydrogen-bond acceptors (Lipinski definition) is 4. The lowest BCUT2D eigenvalue weighted by atomic mass is 9.89. The molecule has 0 heterocycles. The molecule has 2 fully saturated rings. The molecule has 0 radical (unpaired) electrons. The van der Waals surface area contributed by atoms with Gasteiger partial charge in [0.1, 0.15) is 5.60 Å². The first-order valence-electron chi connectivity index (χ1n) is 9.65. The number of nitrogens with two attached hydrogens (primary N) is 1. The van der Waals surface area contributed by atoms with Crippen molar-refractivity contribution >= 4 is 12.0 Å². The third-order valence-corrected chi connectivity index (χ3v) is 5.01. The van der Waals surface area contributed by atoms with Crippen molar-refractivity contribution in [2.24, 2.45) is 11.7 Å². The van der Waals surface area contributed by atoms with Crippen molar-refractivity contribution in [1.29, 1.82) is 0 Å². The summed E-state index contributed by atoms with van der Waals surface area (Å²) in [5, 5.41) is 2.96. The van der Waals surface area contributed by atoms with Crippen LogP contribution in [0.25, 0.3) is 0 Å². The molecule has 2 aliphatic carbocycles. The summed E-state index contributed by atoms with van der Waals surface area (Å²) in [6.45, 7) is 9.58. The number of amides is 2. The van der Waals surface area contributed by atoms with E-state index in [0.717, 1.165) is 38.5 Å². The maximum atomic E-state index is 12.8. The number of carbonyl (C=O) groups is 2. The average molecular weight is 354 g/mol. The van der Waals surface area contributed by atoms with Gasteiger partial charge in [-0.05, 0) is 65.2 Å². The lowest BCUT2D eigenvalue weighted by Crippen LogP contribution is -2.53. The summed E-state index contributed by atoms with van der Waals surface area (Å²) in [5.41, 5.74) is 5.64. The molecule has 2 rings (SSSR count). The van der Waals surface area contributed by atoms with Gasteiger partial charge in [0.2, 0.25) is 5.91 Å². The molecule has 25 heavy (non-hydrogen) atoms. The maximum absolute atomic E-state index is 12.8. The van der Waals surface area contributed by atoms with E-state index >= 15 is 0 Å². The van der Waals surface area contributed by atoms with Crippen LogP contribution in [0.2, 0.25) is 0 Å². The van der Waals surface area contributed by atoms with E-state index in [1.165, 1.54) is 0 Å². The van der Waals surface area contributed by atoms with E-state index in [4.69, 9.17) is 10.5 Å². The predicted molar refractivity (Wildman–Crippen MR) is 98.1 cm³/mol. The molecule has 1 unspecified atom stereocenters. The third-order valence-electron chi connectivity index (χ3n) is 5.01. The van der Waals surface area contributed by atoms with Crippen molar-refractivity contribution in [3.63, 3.8) is 0 Å². The topological polar surface area (TPSA) is 84.7 Å². The van der Waals surface area contributed by atoms with Gasteiger partial charge in [-0.1, -0.05) is 13.8 Å². The molecule has 144 valence electrons. The van der Waals surface area contributed by atoms with Gasteiger partial charge in [-0.15, -0.1) is 0 Å². The van der Waals surface area contributed by atoms with Crippen molar-refractivity contribution in [3.8, 4) is 0 Å². The molecule has 0 bridgehead atoms. The number of nitrogens with zero attached hydrogens (tertiary/aromatic N) is 1. The second kappa shape index (κ2) is 7.94.